The lowest BCUT2D eigenvalue weighted by atomic mass is 10.1. The Hall–Kier alpha value is -1.55. The number of rotatable bonds is 5. The standard InChI is InChI=1S/C16H25N3O/c1-11(2)9-18-16(20)10-19(3)15-7-4-12-8-13(17)5-6-14(12)15/h5-6,8,11,15H,4,7,9-10,17H2,1-3H3,(H,18,20). The number of anilines is 1. The number of carbonyl (C=O) groups excluding carboxylic acids is 1. The molecule has 110 valence electrons. The number of nitrogen functional groups attached to an aromatic ring is 1. The van der Waals surface area contributed by atoms with E-state index in [1.165, 1.54) is 11.1 Å². The first-order valence-corrected chi connectivity index (χ1v) is 7.32. The van der Waals surface area contributed by atoms with Crippen molar-refractivity contribution in [1.82, 2.24) is 10.2 Å². The highest BCUT2D eigenvalue weighted by Gasteiger charge is 2.26. The molecule has 0 spiro atoms. The van der Waals surface area contributed by atoms with Crippen LogP contribution in [0.5, 0.6) is 0 Å². The summed E-state index contributed by atoms with van der Waals surface area (Å²) < 4.78 is 0. The van der Waals surface area contributed by atoms with E-state index in [0.29, 0.717) is 18.5 Å². The van der Waals surface area contributed by atoms with Gasteiger partial charge < -0.3 is 11.1 Å². The van der Waals surface area contributed by atoms with Gasteiger partial charge in [-0.3, -0.25) is 9.69 Å². The maximum absolute atomic E-state index is 11.9. The molecule has 0 radical (unpaired) electrons. The fourth-order valence-electron chi connectivity index (χ4n) is 2.78. The van der Waals surface area contributed by atoms with Gasteiger partial charge in [-0.25, -0.2) is 0 Å². The number of nitrogens with two attached hydrogens (primary N) is 1. The molecule has 0 aromatic heterocycles. The van der Waals surface area contributed by atoms with Crippen LogP contribution in [0.1, 0.15) is 37.4 Å². The number of nitrogens with zero attached hydrogens (tertiary/aromatic N) is 1. The van der Waals surface area contributed by atoms with Crippen molar-refractivity contribution in [1.29, 1.82) is 0 Å². The molecule has 1 atom stereocenters. The van der Waals surface area contributed by atoms with Crippen LogP contribution in [0, 0.1) is 5.92 Å². The Morgan fingerprint density at radius 3 is 2.95 bits per heavy atom. The lowest BCUT2D eigenvalue weighted by Crippen LogP contribution is -2.38. The minimum atomic E-state index is 0.102. The number of nitrogens with one attached hydrogen (secondary N) is 1. The normalized spacial score (nSPS) is 17.6. The third-order valence-corrected chi connectivity index (χ3v) is 3.85. The Bertz CT molecular complexity index is 485. The largest absolute Gasteiger partial charge is 0.399 e. The molecule has 1 unspecified atom stereocenters. The highest BCUT2D eigenvalue weighted by atomic mass is 16.2. The minimum absolute atomic E-state index is 0.102. The molecule has 0 fully saturated rings. The topological polar surface area (TPSA) is 58.4 Å². The first-order chi connectivity index (χ1) is 9.47. The summed E-state index contributed by atoms with van der Waals surface area (Å²) in [6, 6.07) is 6.44. The van der Waals surface area contributed by atoms with Crippen LogP contribution in [0.15, 0.2) is 18.2 Å². The number of aryl methyl sites for hydroxylation is 1. The smallest absolute Gasteiger partial charge is 0.234 e. The second-order valence-corrected chi connectivity index (χ2v) is 6.13. The molecule has 0 saturated carbocycles. The highest BCUT2D eigenvalue weighted by molar-refractivity contribution is 5.78. The van der Waals surface area contributed by atoms with Crippen LogP contribution in [0.25, 0.3) is 0 Å². The van der Waals surface area contributed by atoms with E-state index in [0.717, 1.165) is 25.1 Å². The molecule has 0 heterocycles. The molecule has 1 amide bonds. The van der Waals surface area contributed by atoms with Gasteiger partial charge in [0.1, 0.15) is 0 Å². The van der Waals surface area contributed by atoms with Gasteiger partial charge in [0.15, 0.2) is 0 Å². The molecular formula is C16H25N3O. The molecule has 0 saturated heterocycles. The fourth-order valence-corrected chi connectivity index (χ4v) is 2.78. The second-order valence-electron chi connectivity index (χ2n) is 6.13. The third kappa shape index (κ3) is 3.51. The van der Waals surface area contributed by atoms with Gasteiger partial charge in [0.05, 0.1) is 6.54 Å². The van der Waals surface area contributed by atoms with Crippen molar-refractivity contribution in [2.75, 3.05) is 25.9 Å². The van der Waals surface area contributed by atoms with E-state index in [9.17, 15) is 4.79 Å². The SMILES string of the molecule is CC(C)CNC(=O)CN(C)C1CCc2cc(N)ccc21. The molecule has 0 bridgehead atoms. The van der Waals surface area contributed by atoms with Crippen molar-refractivity contribution in [2.24, 2.45) is 5.92 Å². The molecule has 1 aliphatic carbocycles. The monoisotopic (exact) mass is 275 g/mol. The van der Waals surface area contributed by atoms with Crippen LogP contribution in [0.3, 0.4) is 0 Å². The molecule has 4 nitrogen and oxygen atoms in total. The van der Waals surface area contributed by atoms with Gasteiger partial charge in [0.25, 0.3) is 0 Å². The van der Waals surface area contributed by atoms with E-state index in [1.54, 1.807) is 0 Å². The van der Waals surface area contributed by atoms with Crippen molar-refractivity contribution in [2.45, 2.75) is 32.7 Å². The predicted octanol–water partition coefficient (Wildman–Crippen LogP) is 1.96. The Labute approximate surface area is 121 Å². The quantitative estimate of drug-likeness (QED) is 0.808. The van der Waals surface area contributed by atoms with Gasteiger partial charge in [-0.05, 0) is 49.1 Å². The van der Waals surface area contributed by atoms with Crippen LogP contribution in [-0.2, 0) is 11.2 Å². The molecule has 1 aliphatic rings. The zero-order valence-electron chi connectivity index (χ0n) is 12.6. The number of likely N-dealkylation sites (N-methyl/N-ethyl adjacent to an activating group) is 1. The van der Waals surface area contributed by atoms with Gasteiger partial charge in [0, 0.05) is 18.3 Å². The molecule has 1 aromatic carbocycles. The number of hydrogen-bond acceptors (Lipinski definition) is 3. The molecule has 0 aliphatic heterocycles. The first-order valence-electron chi connectivity index (χ1n) is 7.32. The summed E-state index contributed by atoms with van der Waals surface area (Å²) in [5, 5.41) is 2.97. The molecule has 20 heavy (non-hydrogen) atoms. The Kier molecular flexibility index (Phi) is 4.65. The summed E-state index contributed by atoms with van der Waals surface area (Å²) in [5.74, 6) is 0.588. The van der Waals surface area contributed by atoms with Gasteiger partial charge in [-0.15, -0.1) is 0 Å². The zero-order valence-corrected chi connectivity index (χ0v) is 12.6. The van der Waals surface area contributed by atoms with Gasteiger partial charge in [-0.2, -0.15) is 0 Å². The summed E-state index contributed by atoms with van der Waals surface area (Å²) in [7, 11) is 2.02. The first kappa shape index (κ1) is 14.9. The van der Waals surface area contributed by atoms with Crippen molar-refractivity contribution in [3.8, 4) is 0 Å². The van der Waals surface area contributed by atoms with Crippen LogP contribution < -0.4 is 11.1 Å². The highest BCUT2D eigenvalue weighted by Crippen LogP contribution is 2.35. The Balaban J connectivity index is 1.95. The van der Waals surface area contributed by atoms with Crippen LogP contribution in [-0.4, -0.2) is 30.9 Å². The maximum Gasteiger partial charge on any atom is 0.234 e. The Morgan fingerprint density at radius 2 is 2.25 bits per heavy atom. The number of carbonyl (C=O) groups is 1. The van der Waals surface area contributed by atoms with Crippen LogP contribution >= 0.6 is 0 Å². The predicted molar refractivity (Wildman–Crippen MR) is 82.4 cm³/mol. The molecule has 1 aromatic rings. The van der Waals surface area contributed by atoms with E-state index in [-0.39, 0.29) is 5.91 Å². The number of fused-ring (bicyclic) bond motifs is 1. The zero-order chi connectivity index (χ0) is 14.7. The second kappa shape index (κ2) is 6.27. The van der Waals surface area contributed by atoms with Gasteiger partial charge in [0.2, 0.25) is 5.91 Å². The molecular weight excluding hydrogens is 250 g/mol. The number of amides is 1. The van der Waals surface area contributed by atoms with Gasteiger partial charge >= 0.3 is 0 Å². The lowest BCUT2D eigenvalue weighted by molar-refractivity contribution is -0.122. The molecule has 2 rings (SSSR count). The summed E-state index contributed by atoms with van der Waals surface area (Å²) in [6.07, 6.45) is 2.11. The molecule has 4 heteroatoms. The van der Waals surface area contributed by atoms with Crippen molar-refractivity contribution < 1.29 is 4.79 Å². The lowest BCUT2D eigenvalue weighted by Gasteiger charge is -2.24. The number of benzene rings is 1. The average molecular weight is 275 g/mol. The maximum atomic E-state index is 11.9. The number of hydrogen-bond donors (Lipinski definition) is 2. The fraction of sp³-hybridized carbons (Fsp3) is 0.562. The summed E-state index contributed by atoms with van der Waals surface area (Å²) >= 11 is 0. The van der Waals surface area contributed by atoms with Gasteiger partial charge in [-0.1, -0.05) is 19.9 Å². The van der Waals surface area contributed by atoms with Crippen molar-refractivity contribution in [3.63, 3.8) is 0 Å². The summed E-state index contributed by atoms with van der Waals surface area (Å²) in [5.41, 5.74) is 9.29. The van der Waals surface area contributed by atoms with Crippen molar-refractivity contribution >= 4 is 11.6 Å². The van der Waals surface area contributed by atoms with Crippen molar-refractivity contribution in [3.05, 3.63) is 29.3 Å². The molecule has 3 N–H and O–H groups in total. The minimum Gasteiger partial charge on any atom is -0.399 e. The average Bonchev–Trinajstić information content (AvgIpc) is 2.79. The third-order valence-electron chi connectivity index (χ3n) is 3.85. The van der Waals surface area contributed by atoms with Crippen LogP contribution in [0.4, 0.5) is 5.69 Å². The van der Waals surface area contributed by atoms with E-state index in [1.807, 2.05) is 13.1 Å². The van der Waals surface area contributed by atoms with Crippen LogP contribution in [0.2, 0.25) is 0 Å². The van der Waals surface area contributed by atoms with E-state index >= 15 is 0 Å². The summed E-state index contributed by atoms with van der Waals surface area (Å²) in [6.45, 7) is 5.38. The van der Waals surface area contributed by atoms with E-state index in [2.05, 4.69) is 36.2 Å². The Morgan fingerprint density at radius 1 is 1.50 bits per heavy atom. The van der Waals surface area contributed by atoms with E-state index < -0.39 is 0 Å². The summed E-state index contributed by atoms with van der Waals surface area (Å²) in [4.78, 5) is 14.0. The van der Waals surface area contributed by atoms with E-state index in [4.69, 9.17) is 5.73 Å².